The molecule has 0 bridgehead atoms. The third-order valence-corrected chi connectivity index (χ3v) is 4.89. The summed E-state index contributed by atoms with van der Waals surface area (Å²) in [6, 6.07) is 14.3. The molecule has 140 valence electrons. The lowest BCUT2D eigenvalue weighted by Gasteiger charge is -2.30. The highest BCUT2D eigenvalue weighted by atomic mass is 16.5. The molecule has 1 saturated heterocycles. The van der Waals surface area contributed by atoms with Gasteiger partial charge in [0.15, 0.2) is 5.82 Å². The van der Waals surface area contributed by atoms with Gasteiger partial charge in [-0.15, -0.1) is 0 Å². The number of anilines is 1. The molecule has 0 amide bonds. The van der Waals surface area contributed by atoms with Crippen molar-refractivity contribution < 1.29 is 9.63 Å². The fourth-order valence-corrected chi connectivity index (χ4v) is 3.43. The first-order chi connectivity index (χ1) is 13.3. The molecule has 6 heteroatoms. The molecule has 1 unspecified atom stereocenters. The van der Waals surface area contributed by atoms with Crippen molar-refractivity contribution in [1.82, 2.24) is 15.1 Å². The Morgan fingerprint density at radius 3 is 2.78 bits per heavy atom. The van der Waals surface area contributed by atoms with Crippen LogP contribution < -0.4 is 4.90 Å². The number of β-amino-alcohol motifs (C(OH)–C–C–N with tert-alkyl or cyclic N) is 1. The molecular weight excluding hydrogens is 340 g/mol. The highest BCUT2D eigenvalue weighted by Gasteiger charge is 2.19. The molecule has 1 aliphatic rings. The van der Waals surface area contributed by atoms with E-state index in [0.29, 0.717) is 12.4 Å². The van der Waals surface area contributed by atoms with Crippen LogP contribution >= 0.6 is 0 Å². The Bertz CT molecular complexity index is 848. The third kappa shape index (κ3) is 4.52. The van der Waals surface area contributed by atoms with Crippen molar-refractivity contribution in [3.63, 3.8) is 0 Å². The molecule has 0 radical (unpaired) electrons. The molecule has 1 aromatic carbocycles. The number of piperidine rings is 1. The maximum Gasteiger partial charge on any atom is 0.259 e. The Morgan fingerprint density at radius 2 is 2.00 bits per heavy atom. The molecule has 2 aromatic heterocycles. The summed E-state index contributed by atoms with van der Waals surface area (Å²) in [5, 5.41) is 13.9. The lowest BCUT2D eigenvalue weighted by Crippen LogP contribution is -2.38. The Balaban J connectivity index is 1.35. The van der Waals surface area contributed by atoms with Crippen molar-refractivity contribution in [1.29, 1.82) is 0 Å². The second-order valence-electron chi connectivity index (χ2n) is 7.00. The van der Waals surface area contributed by atoms with Crippen molar-refractivity contribution in [2.24, 2.45) is 0 Å². The van der Waals surface area contributed by atoms with Gasteiger partial charge in [0, 0.05) is 25.7 Å². The molecule has 0 spiro atoms. The number of aryl methyl sites for hydroxylation is 2. The van der Waals surface area contributed by atoms with Gasteiger partial charge in [-0.3, -0.25) is 0 Å². The molecule has 4 rings (SSSR count). The van der Waals surface area contributed by atoms with E-state index in [4.69, 9.17) is 4.52 Å². The van der Waals surface area contributed by atoms with E-state index in [9.17, 15) is 5.11 Å². The van der Waals surface area contributed by atoms with Crippen LogP contribution in [-0.4, -0.2) is 39.4 Å². The minimum atomic E-state index is -0.269. The minimum Gasteiger partial charge on any atom is -0.391 e. The monoisotopic (exact) mass is 364 g/mol. The summed E-state index contributed by atoms with van der Waals surface area (Å²) in [4.78, 5) is 11.1. The van der Waals surface area contributed by atoms with E-state index in [-0.39, 0.29) is 6.10 Å². The largest absolute Gasteiger partial charge is 0.391 e. The number of pyridine rings is 1. The number of rotatable bonds is 6. The Hall–Kier alpha value is -2.73. The molecule has 3 heterocycles. The first kappa shape index (κ1) is 17.7. The second kappa shape index (κ2) is 8.31. The van der Waals surface area contributed by atoms with Crippen LogP contribution in [-0.2, 0) is 12.8 Å². The molecule has 0 aliphatic carbocycles. The zero-order valence-electron chi connectivity index (χ0n) is 15.3. The molecule has 6 nitrogen and oxygen atoms in total. The Morgan fingerprint density at radius 1 is 1.11 bits per heavy atom. The fourth-order valence-electron chi connectivity index (χ4n) is 3.43. The van der Waals surface area contributed by atoms with E-state index >= 15 is 0 Å². The van der Waals surface area contributed by atoms with Crippen LogP contribution in [0.3, 0.4) is 0 Å². The van der Waals surface area contributed by atoms with Crippen molar-refractivity contribution in [3.8, 4) is 11.5 Å². The molecule has 1 aliphatic heterocycles. The molecule has 3 aromatic rings. The number of aliphatic hydroxyl groups excluding tert-OH is 1. The van der Waals surface area contributed by atoms with Crippen LogP contribution in [0.4, 0.5) is 5.82 Å². The number of aliphatic hydroxyl groups is 1. The summed E-state index contributed by atoms with van der Waals surface area (Å²) in [5.74, 6) is 2.10. The van der Waals surface area contributed by atoms with Crippen LogP contribution in [0, 0.1) is 0 Å². The topological polar surface area (TPSA) is 75.3 Å². The van der Waals surface area contributed by atoms with E-state index in [1.807, 2.05) is 18.2 Å². The number of benzene rings is 1. The normalized spacial score (nSPS) is 17.2. The summed E-state index contributed by atoms with van der Waals surface area (Å²) in [6.45, 7) is 1.56. The van der Waals surface area contributed by atoms with Crippen LogP contribution in [0.15, 0.2) is 53.2 Å². The third-order valence-electron chi connectivity index (χ3n) is 4.89. The van der Waals surface area contributed by atoms with E-state index in [1.165, 1.54) is 5.56 Å². The van der Waals surface area contributed by atoms with E-state index < -0.39 is 0 Å². The lowest BCUT2D eigenvalue weighted by molar-refractivity contribution is 0.154. The van der Waals surface area contributed by atoms with Crippen LogP contribution in [0.2, 0.25) is 0 Å². The Kier molecular flexibility index (Phi) is 5.44. The highest BCUT2D eigenvalue weighted by molar-refractivity contribution is 5.54. The van der Waals surface area contributed by atoms with Gasteiger partial charge in [-0.1, -0.05) is 35.5 Å². The van der Waals surface area contributed by atoms with Gasteiger partial charge in [-0.05, 0) is 43.4 Å². The predicted molar refractivity (Wildman–Crippen MR) is 103 cm³/mol. The summed E-state index contributed by atoms with van der Waals surface area (Å²) >= 11 is 0. The number of nitrogens with zero attached hydrogens (tertiary/aromatic N) is 4. The first-order valence-electron chi connectivity index (χ1n) is 9.54. The van der Waals surface area contributed by atoms with E-state index in [2.05, 4.69) is 44.3 Å². The molecule has 1 N–H and O–H groups in total. The summed E-state index contributed by atoms with van der Waals surface area (Å²) in [7, 11) is 0. The van der Waals surface area contributed by atoms with Gasteiger partial charge in [-0.2, -0.15) is 4.98 Å². The summed E-state index contributed by atoms with van der Waals surface area (Å²) in [6.07, 6.45) is 6.12. The van der Waals surface area contributed by atoms with Crippen molar-refractivity contribution in [2.75, 3.05) is 18.0 Å². The highest BCUT2D eigenvalue weighted by Crippen LogP contribution is 2.22. The van der Waals surface area contributed by atoms with Gasteiger partial charge in [0.25, 0.3) is 5.89 Å². The van der Waals surface area contributed by atoms with Crippen molar-refractivity contribution >= 4 is 5.82 Å². The SMILES string of the molecule is OC1CCCN(c2ccc(-c3nc(CCCc4ccccc4)no3)cn2)C1. The van der Waals surface area contributed by atoms with Crippen LogP contribution in [0.5, 0.6) is 0 Å². The van der Waals surface area contributed by atoms with Gasteiger partial charge in [0.05, 0.1) is 11.7 Å². The van der Waals surface area contributed by atoms with Crippen LogP contribution in [0.25, 0.3) is 11.5 Å². The van der Waals surface area contributed by atoms with Gasteiger partial charge < -0.3 is 14.5 Å². The number of hydrogen-bond acceptors (Lipinski definition) is 6. The second-order valence-corrected chi connectivity index (χ2v) is 7.00. The smallest absolute Gasteiger partial charge is 0.259 e. The lowest BCUT2D eigenvalue weighted by atomic mass is 10.1. The van der Waals surface area contributed by atoms with Gasteiger partial charge in [0.1, 0.15) is 5.82 Å². The van der Waals surface area contributed by atoms with Crippen LogP contribution in [0.1, 0.15) is 30.7 Å². The number of hydrogen-bond donors (Lipinski definition) is 1. The first-order valence-corrected chi connectivity index (χ1v) is 9.54. The maximum atomic E-state index is 9.82. The van der Waals surface area contributed by atoms with Crippen molar-refractivity contribution in [3.05, 3.63) is 60.0 Å². The van der Waals surface area contributed by atoms with Crippen molar-refractivity contribution in [2.45, 2.75) is 38.2 Å². The Labute approximate surface area is 158 Å². The standard InChI is InChI=1S/C21H24N4O2/c26-18-9-5-13-25(15-18)20-12-11-17(14-22-20)21-23-19(24-27-21)10-4-8-16-6-2-1-3-7-16/h1-3,6-7,11-12,14,18,26H,4-5,8-10,13,15H2. The number of aromatic nitrogens is 3. The minimum absolute atomic E-state index is 0.269. The summed E-state index contributed by atoms with van der Waals surface area (Å²) < 4.78 is 5.40. The fraction of sp³-hybridized carbons (Fsp3) is 0.381. The summed E-state index contributed by atoms with van der Waals surface area (Å²) in [5.41, 5.74) is 2.14. The van der Waals surface area contributed by atoms with E-state index in [1.54, 1.807) is 6.20 Å². The van der Waals surface area contributed by atoms with Gasteiger partial charge >= 0.3 is 0 Å². The van der Waals surface area contributed by atoms with E-state index in [0.717, 1.165) is 55.9 Å². The maximum absolute atomic E-state index is 9.82. The molecule has 27 heavy (non-hydrogen) atoms. The van der Waals surface area contributed by atoms with Gasteiger partial charge in [0.2, 0.25) is 0 Å². The quantitative estimate of drug-likeness (QED) is 0.723. The molecular formula is C21H24N4O2. The average Bonchev–Trinajstić information content (AvgIpc) is 3.18. The van der Waals surface area contributed by atoms with Gasteiger partial charge in [-0.25, -0.2) is 4.98 Å². The average molecular weight is 364 g/mol. The molecule has 1 fully saturated rings. The molecule has 0 saturated carbocycles. The molecule has 1 atom stereocenters. The predicted octanol–water partition coefficient (Wildman–Crippen LogP) is 3.27. The zero-order chi connectivity index (χ0) is 18.5. The zero-order valence-corrected chi connectivity index (χ0v) is 15.3.